The Morgan fingerprint density at radius 2 is 1.67 bits per heavy atom. The van der Waals surface area contributed by atoms with E-state index in [1.165, 1.54) is 12.8 Å². The second-order valence-corrected chi connectivity index (χ2v) is 7.58. The lowest BCUT2D eigenvalue weighted by molar-refractivity contribution is 0.411. The van der Waals surface area contributed by atoms with E-state index in [1.807, 2.05) is 13.8 Å². The van der Waals surface area contributed by atoms with Gasteiger partial charge in [-0.3, -0.25) is 0 Å². The van der Waals surface area contributed by atoms with Gasteiger partial charge in [0.1, 0.15) is 5.75 Å². The summed E-state index contributed by atoms with van der Waals surface area (Å²) in [6, 6.07) is 3.56. The van der Waals surface area contributed by atoms with E-state index in [4.69, 9.17) is 4.74 Å². The van der Waals surface area contributed by atoms with Crippen molar-refractivity contribution < 1.29 is 13.2 Å². The van der Waals surface area contributed by atoms with Gasteiger partial charge in [0.05, 0.1) is 12.0 Å². The van der Waals surface area contributed by atoms with E-state index in [2.05, 4.69) is 4.72 Å². The molecule has 1 saturated carbocycles. The van der Waals surface area contributed by atoms with Gasteiger partial charge in [0, 0.05) is 6.04 Å². The van der Waals surface area contributed by atoms with E-state index >= 15 is 0 Å². The lowest BCUT2D eigenvalue weighted by Gasteiger charge is -2.18. The summed E-state index contributed by atoms with van der Waals surface area (Å²) in [5.41, 5.74) is 1.56. The Labute approximate surface area is 127 Å². The average Bonchev–Trinajstić information content (AvgIpc) is 2.68. The molecule has 21 heavy (non-hydrogen) atoms. The molecule has 0 unspecified atom stereocenters. The van der Waals surface area contributed by atoms with Crippen LogP contribution < -0.4 is 9.46 Å². The van der Waals surface area contributed by atoms with Crippen LogP contribution in [0, 0.1) is 13.8 Å². The molecular formula is C16H25NO3S. The van der Waals surface area contributed by atoms with Crippen molar-refractivity contribution >= 4 is 10.0 Å². The molecule has 0 bridgehead atoms. The first-order valence-corrected chi connectivity index (χ1v) is 9.10. The Balaban J connectivity index is 2.24. The molecule has 2 rings (SSSR count). The molecule has 0 heterocycles. The molecule has 0 aliphatic heterocycles. The van der Waals surface area contributed by atoms with E-state index < -0.39 is 10.0 Å². The van der Waals surface area contributed by atoms with Crippen LogP contribution >= 0.6 is 0 Å². The Bertz CT molecular complexity index is 588. The fraction of sp³-hybridized carbons (Fsp3) is 0.625. The molecule has 5 heteroatoms. The first kappa shape index (κ1) is 16.3. The van der Waals surface area contributed by atoms with Crippen LogP contribution in [0.4, 0.5) is 0 Å². The zero-order valence-corrected chi connectivity index (χ0v) is 13.9. The standard InChI is InChI=1S/C16H25NO3S/c1-12-11-16(13(2)10-15(12)20-3)21(18,19)17-14-8-6-4-5-7-9-14/h10-11,14,17H,4-9H2,1-3H3. The Morgan fingerprint density at radius 3 is 2.24 bits per heavy atom. The maximum absolute atomic E-state index is 12.6. The van der Waals surface area contributed by atoms with Crippen LogP contribution in [-0.4, -0.2) is 21.6 Å². The summed E-state index contributed by atoms with van der Waals surface area (Å²) >= 11 is 0. The van der Waals surface area contributed by atoms with Crippen molar-refractivity contribution in [1.82, 2.24) is 4.72 Å². The van der Waals surface area contributed by atoms with Gasteiger partial charge in [-0.05, 0) is 49.9 Å². The number of sulfonamides is 1. The average molecular weight is 311 g/mol. The molecule has 0 radical (unpaired) electrons. The number of rotatable bonds is 4. The van der Waals surface area contributed by atoms with Gasteiger partial charge in [0.25, 0.3) is 0 Å². The summed E-state index contributed by atoms with van der Waals surface area (Å²) in [6.45, 7) is 3.67. The smallest absolute Gasteiger partial charge is 0.241 e. The van der Waals surface area contributed by atoms with Crippen molar-refractivity contribution in [2.45, 2.75) is 63.3 Å². The lowest BCUT2D eigenvalue weighted by Crippen LogP contribution is -2.34. The summed E-state index contributed by atoms with van der Waals surface area (Å²) in [4.78, 5) is 0.366. The first-order chi connectivity index (χ1) is 9.94. The number of benzene rings is 1. The molecule has 0 aromatic heterocycles. The van der Waals surface area contributed by atoms with E-state index in [1.54, 1.807) is 19.2 Å². The van der Waals surface area contributed by atoms with Gasteiger partial charge >= 0.3 is 0 Å². The number of methoxy groups -OCH3 is 1. The first-order valence-electron chi connectivity index (χ1n) is 7.61. The number of ether oxygens (including phenoxy) is 1. The summed E-state index contributed by atoms with van der Waals surface area (Å²) in [7, 11) is -1.86. The molecule has 0 amide bonds. The van der Waals surface area contributed by atoms with Crippen molar-refractivity contribution in [2.24, 2.45) is 0 Å². The van der Waals surface area contributed by atoms with Gasteiger partial charge in [-0.15, -0.1) is 0 Å². The predicted octanol–water partition coefficient (Wildman–Crippen LogP) is 3.31. The van der Waals surface area contributed by atoms with Crippen LogP contribution in [0.1, 0.15) is 49.7 Å². The molecule has 0 atom stereocenters. The number of aryl methyl sites for hydroxylation is 2. The van der Waals surface area contributed by atoms with Crippen molar-refractivity contribution in [2.75, 3.05) is 7.11 Å². The number of hydrogen-bond donors (Lipinski definition) is 1. The van der Waals surface area contributed by atoms with Crippen molar-refractivity contribution in [3.63, 3.8) is 0 Å². The Kier molecular flexibility index (Phi) is 5.27. The molecule has 1 N–H and O–H groups in total. The van der Waals surface area contributed by atoms with Gasteiger partial charge < -0.3 is 4.74 Å². The maximum atomic E-state index is 12.6. The van der Waals surface area contributed by atoms with E-state index in [9.17, 15) is 8.42 Å². The third-order valence-electron chi connectivity index (χ3n) is 4.16. The van der Waals surface area contributed by atoms with Gasteiger partial charge in [-0.1, -0.05) is 25.7 Å². The molecule has 1 aromatic carbocycles. The SMILES string of the molecule is COc1cc(C)c(S(=O)(=O)NC2CCCCCC2)cc1C. The molecule has 1 fully saturated rings. The van der Waals surface area contributed by atoms with E-state index in [-0.39, 0.29) is 6.04 Å². The highest BCUT2D eigenvalue weighted by Crippen LogP contribution is 2.26. The van der Waals surface area contributed by atoms with Crippen LogP contribution in [0.5, 0.6) is 5.75 Å². The van der Waals surface area contributed by atoms with Crippen LogP contribution in [0.25, 0.3) is 0 Å². The summed E-state index contributed by atoms with van der Waals surface area (Å²) in [6.07, 6.45) is 6.50. The fourth-order valence-electron chi connectivity index (χ4n) is 2.95. The monoisotopic (exact) mass is 311 g/mol. The molecule has 1 aliphatic carbocycles. The van der Waals surface area contributed by atoms with Crippen molar-refractivity contribution in [3.8, 4) is 5.75 Å². The topological polar surface area (TPSA) is 55.4 Å². The molecule has 1 aliphatic rings. The third-order valence-corrected chi connectivity index (χ3v) is 5.82. The lowest BCUT2D eigenvalue weighted by atomic mass is 10.1. The zero-order chi connectivity index (χ0) is 15.5. The minimum absolute atomic E-state index is 0.0688. The highest BCUT2D eigenvalue weighted by molar-refractivity contribution is 7.89. The molecule has 1 aromatic rings. The van der Waals surface area contributed by atoms with Crippen molar-refractivity contribution in [3.05, 3.63) is 23.3 Å². The Morgan fingerprint density at radius 1 is 1.05 bits per heavy atom. The van der Waals surface area contributed by atoms with Crippen LogP contribution in [0.15, 0.2) is 17.0 Å². The second kappa shape index (κ2) is 6.79. The highest BCUT2D eigenvalue weighted by atomic mass is 32.2. The highest BCUT2D eigenvalue weighted by Gasteiger charge is 2.23. The number of nitrogens with one attached hydrogen (secondary N) is 1. The van der Waals surface area contributed by atoms with Crippen LogP contribution in [0.3, 0.4) is 0 Å². The quantitative estimate of drug-likeness (QED) is 0.868. The third kappa shape index (κ3) is 3.98. The number of hydrogen-bond acceptors (Lipinski definition) is 3. The Hall–Kier alpha value is -1.07. The van der Waals surface area contributed by atoms with E-state index in [0.29, 0.717) is 4.90 Å². The molecular weight excluding hydrogens is 286 g/mol. The largest absolute Gasteiger partial charge is 0.496 e. The predicted molar refractivity (Wildman–Crippen MR) is 84.3 cm³/mol. The minimum Gasteiger partial charge on any atom is -0.496 e. The summed E-state index contributed by atoms with van der Waals surface area (Å²) in [5, 5.41) is 0. The second-order valence-electron chi connectivity index (χ2n) is 5.90. The summed E-state index contributed by atoms with van der Waals surface area (Å²) in [5.74, 6) is 0.723. The van der Waals surface area contributed by atoms with Crippen LogP contribution in [-0.2, 0) is 10.0 Å². The zero-order valence-electron chi connectivity index (χ0n) is 13.1. The fourth-order valence-corrected chi connectivity index (χ4v) is 4.57. The van der Waals surface area contributed by atoms with Crippen LogP contribution in [0.2, 0.25) is 0 Å². The normalized spacial score (nSPS) is 17.5. The maximum Gasteiger partial charge on any atom is 0.241 e. The minimum atomic E-state index is -3.46. The van der Waals surface area contributed by atoms with Gasteiger partial charge in [-0.2, -0.15) is 0 Å². The molecule has 0 saturated heterocycles. The van der Waals surface area contributed by atoms with E-state index in [0.717, 1.165) is 42.6 Å². The van der Waals surface area contributed by atoms with Gasteiger partial charge in [0.2, 0.25) is 10.0 Å². The molecule has 0 spiro atoms. The van der Waals surface area contributed by atoms with Crippen molar-refractivity contribution in [1.29, 1.82) is 0 Å². The molecule has 4 nitrogen and oxygen atoms in total. The van der Waals surface area contributed by atoms with Gasteiger partial charge in [-0.25, -0.2) is 13.1 Å². The molecule has 118 valence electrons. The van der Waals surface area contributed by atoms with Gasteiger partial charge in [0.15, 0.2) is 0 Å². The summed E-state index contributed by atoms with van der Waals surface area (Å²) < 4.78 is 33.4.